The lowest BCUT2D eigenvalue weighted by Gasteiger charge is -2.02. The zero-order valence-electron chi connectivity index (χ0n) is 8.30. The molecule has 0 unspecified atom stereocenters. The number of thioether (sulfide) groups is 1. The second kappa shape index (κ2) is 4.84. The van der Waals surface area contributed by atoms with E-state index in [2.05, 4.69) is 15.4 Å². The largest absolute Gasteiger partial charge is 0.497 e. The number of hydrogen-bond donors (Lipinski definition) is 1. The zero-order valence-corrected chi connectivity index (χ0v) is 9.12. The van der Waals surface area contributed by atoms with Crippen LogP contribution in [0.4, 0.5) is 0 Å². The number of aromatic amines is 1. The van der Waals surface area contributed by atoms with Crippen LogP contribution in [0.25, 0.3) is 0 Å². The summed E-state index contributed by atoms with van der Waals surface area (Å²) in [6.07, 6.45) is 1.73. The van der Waals surface area contributed by atoms with E-state index in [0.717, 1.165) is 22.1 Å². The molecule has 1 aromatic heterocycles. The summed E-state index contributed by atoms with van der Waals surface area (Å²) in [5, 5.41) is 10.3. The molecular weight excluding hydrogens is 210 g/mol. The van der Waals surface area contributed by atoms with Crippen LogP contribution in [-0.4, -0.2) is 22.5 Å². The summed E-state index contributed by atoms with van der Waals surface area (Å²) in [5.41, 5.74) is 0.947. The first kappa shape index (κ1) is 10.0. The molecule has 0 aliphatic heterocycles. The molecular formula is C10H11N3OS. The highest BCUT2D eigenvalue weighted by molar-refractivity contribution is 7.98. The monoisotopic (exact) mass is 221 g/mol. The Bertz CT molecular complexity index is 416. The van der Waals surface area contributed by atoms with Gasteiger partial charge in [0.1, 0.15) is 5.75 Å². The van der Waals surface area contributed by atoms with Crippen molar-refractivity contribution in [2.45, 2.75) is 10.6 Å². The zero-order chi connectivity index (χ0) is 10.5. The van der Waals surface area contributed by atoms with Crippen LogP contribution in [-0.2, 0) is 5.75 Å². The fourth-order valence-electron chi connectivity index (χ4n) is 1.14. The molecule has 0 atom stereocenters. The molecule has 4 nitrogen and oxygen atoms in total. The summed E-state index contributed by atoms with van der Waals surface area (Å²) < 4.78 is 5.14. The van der Waals surface area contributed by atoms with E-state index in [4.69, 9.17) is 4.74 Å². The Morgan fingerprint density at radius 1 is 1.47 bits per heavy atom. The Morgan fingerprint density at radius 3 is 3.13 bits per heavy atom. The topological polar surface area (TPSA) is 50.8 Å². The molecule has 1 heterocycles. The summed E-state index contributed by atoms with van der Waals surface area (Å²) in [6, 6.07) is 7.96. The first-order valence-corrected chi connectivity index (χ1v) is 5.48. The van der Waals surface area contributed by atoms with Crippen LogP contribution in [0.3, 0.4) is 0 Å². The number of aromatic nitrogens is 3. The fraction of sp³-hybridized carbons (Fsp3) is 0.200. The quantitative estimate of drug-likeness (QED) is 0.803. The number of methoxy groups -OCH3 is 1. The van der Waals surface area contributed by atoms with Gasteiger partial charge >= 0.3 is 0 Å². The molecule has 0 spiro atoms. The van der Waals surface area contributed by atoms with Crippen molar-refractivity contribution >= 4 is 11.8 Å². The first-order chi connectivity index (χ1) is 7.38. The highest BCUT2D eigenvalue weighted by atomic mass is 32.2. The van der Waals surface area contributed by atoms with Crippen molar-refractivity contribution in [3.05, 3.63) is 36.2 Å². The van der Waals surface area contributed by atoms with E-state index >= 15 is 0 Å². The van der Waals surface area contributed by atoms with Crippen molar-refractivity contribution < 1.29 is 4.74 Å². The Kier molecular flexibility index (Phi) is 3.24. The van der Waals surface area contributed by atoms with E-state index < -0.39 is 0 Å². The molecule has 0 amide bonds. The van der Waals surface area contributed by atoms with Gasteiger partial charge in [0.25, 0.3) is 0 Å². The van der Waals surface area contributed by atoms with Gasteiger partial charge in [0.05, 0.1) is 19.0 Å². The summed E-state index contributed by atoms with van der Waals surface area (Å²) in [6.45, 7) is 0. The van der Waals surface area contributed by atoms with Crippen LogP contribution >= 0.6 is 11.8 Å². The normalized spacial score (nSPS) is 10.2. The van der Waals surface area contributed by atoms with Crippen molar-refractivity contribution in [1.29, 1.82) is 0 Å². The summed E-state index contributed by atoms with van der Waals surface area (Å²) in [7, 11) is 1.67. The minimum atomic E-state index is 0.809. The number of benzene rings is 1. The minimum absolute atomic E-state index is 0.809. The van der Waals surface area contributed by atoms with Crippen LogP contribution in [0.15, 0.2) is 35.4 Å². The maximum absolute atomic E-state index is 5.14. The van der Waals surface area contributed by atoms with E-state index in [0.29, 0.717) is 0 Å². The third kappa shape index (κ3) is 2.73. The fourth-order valence-corrected chi connectivity index (χ4v) is 1.97. The molecule has 0 fully saturated rings. The van der Waals surface area contributed by atoms with E-state index in [-0.39, 0.29) is 0 Å². The van der Waals surface area contributed by atoms with E-state index in [1.807, 2.05) is 24.3 Å². The highest BCUT2D eigenvalue weighted by Crippen LogP contribution is 2.24. The van der Waals surface area contributed by atoms with Crippen LogP contribution in [0, 0.1) is 0 Å². The molecule has 5 heteroatoms. The molecule has 1 aromatic carbocycles. The summed E-state index contributed by atoms with van der Waals surface area (Å²) in [4.78, 5) is 1.16. The number of H-pyrrole nitrogens is 1. The predicted molar refractivity (Wildman–Crippen MR) is 58.9 cm³/mol. The molecule has 0 bridgehead atoms. The minimum Gasteiger partial charge on any atom is -0.497 e. The Morgan fingerprint density at radius 2 is 2.40 bits per heavy atom. The molecule has 1 N–H and O–H groups in total. The standard InChI is InChI=1S/C10H11N3OS/c1-14-9-3-2-4-10(5-9)15-7-8-6-11-13-12-8/h2-6H,7H2,1H3,(H,11,12,13). The maximum atomic E-state index is 5.14. The second-order valence-electron chi connectivity index (χ2n) is 2.93. The molecule has 2 aromatic rings. The molecule has 0 aliphatic rings. The summed E-state index contributed by atoms with van der Waals surface area (Å²) in [5.74, 6) is 1.68. The van der Waals surface area contributed by atoms with Crippen molar-refractivity contribution in [3.8, 4) is 5.75 Å². The average Bonchev–Trinajstić information content (AvgIpc) is 2.79. The smallest absolute Gasteiger partial charge is 0.119 e. The van der Waals surface area contributed by atoms with Gasteiger partial charge in [0.15, 0.2) is 0 Å². The lowest BCUT2D eigenvalue weighted by molar-refractivity contribution is 0.413. The van der Waals surface area contributed by atoms with E-state index in [9.17, 15) is 0 Å². The molecule has 0 aliphatic carbocycles. The third-order valence-electron chi connectivity index (χ3n) is 1.89. The molecule has 0 saturated carbocycles. The Labute approximate surface area is 92.0 Å². The second-order valence-corrected chi connectivity index (χ2v) is 3.98. The van der Waals surface area contributed by atoms with Crippen molar-refractivity contribution in [2.75, 3.05) is 7.11 Å². The van der Waals surface area contributed by atoms with Crippen LogP contribution in [0.5, 0.6) is 5.75 Å². The van der Waals surface area contributed by atoms with Gasteiger partial charge in [-0.2, -0.15) is 15.4 Å². The molecule has 0 radical (unpaired) electrons. The van der Waals surface area contributed by atoms with Gasteiger partial charge in [0, 0.05) is 10.6 Å². The van der Waals surface area contributed by atoms with Gasteiger partial charge in [0.2, 0.25) is 0 Å². The highest BCUT2D eigenvalue weighted by Gasteiger charge is 1.99. The van der Waals surface area contributed by atoms with Crippen molar-refractivity contribution in [3.63, 3.8) is 0 Å². The van der Waals surface area contributed by atoms with Crippen LogP contribution in [0.2, 0.25) is 0 Å². The lowest BCUT2D eigenvalue weighted by atomic mass is 10.3. The van der Waals surface area contributed by atoms with Crippen molar-refractivity contribution in [1.82, 2.24) is 15.4 Å². The number of nitrogens with zero attached hydrogens (tertiary/aromatic N) is 2. The van der Waals surface area contributed by atoms with Crippen LogP contribution < -0.4 is 4.74 Å². The number of rotatable bonds is 4. The Balaban J connectivity index is 1.98. The average molecular weight is 221 g/mol. The summed E-state index contributed by atoms with van der Waals surface area (Å²) >= 11 is 1.71. The van der Waals surface area contributed by atoms with Crippen LogP contribution in [0.1, 0.15) is 5.69 Å². The van der Waals surface area contributed by atoms with Gasteiger partial charge < -0.3 is 4.74 Å². The number of hydrogen-bond acceptors (Lipinski definition) is 4. The maximum Gasteiger partial charge on any atom is 0.119 e. The SMILES string of the molecule is COc1cccc(SCc2cn[nH]n2)c1. The van der Waals surface area contributed by atoms with Gasteiger partial charge in [-0.3, -0.25) is 0 Å². The predicted octanol–water partition coefficient (Wildman–Crippen LogP) is 2.11. The van der Waals surface area contributed by atoms with Crippen molar-refractivity contribution in [2.24, 2.45) is 0 Å². The lowest BCUT2D eigenvalue weighted by Crippen LogP contribution is -1.83. The van der Waals surface area contributed by atoms with Gasteiger partial charge in [-0.05, 0) is 18.2 Å². The number of nitrogens with one attached hydrogen (secondary N) is 1. The third-order valence-corrected chi connectivity index (χ3v) is 2.92. The van der Waals surface area contributed by atoms with E-state index in [1.54, 1.807) is 25.1 Å². The molecule has 78 valence electrons. The van der Waals surface area contributed by atoms with Gasteiger partial charge in [-0.1, -0.05) is 6.07 Å². The van der Waals surface area contributed by atoms with E-state index in [1.165, 1.54) is 0 Å². The van der Waals surface area contributed by atoms with Gasteiger partial charge in [-0.25, -0.2) is 0 Å². The first-order valence-electron chi connectivity index (χ1n) is 4.50. The van der Waals surface area contributed by atoms with Gasteiger partial charge in [-0.15, -0.1) is 11.8 Å². The number of ether oxygens (including phenoxy) is 1. The molecule has 0 saturated heterocycles. The molecule has 2 rings (SSSR count). The molecule has 15 heavy (non-hydrogen) atoms. The Hall–Kier alpha value is -1.49.